The Balaban J connectivity index is 0.00000112. The number of hydrogen-bond donors (Lipinski definition) is 0. The number of ether oxygens (including phenoxy) is 1. The van der Waals surface area contributed by atoms with E-state index in [2.05, 4.69) is 11.1 Å². The second kappa shape index (κ2) is 6.72. The zero-order chi connectivity index (χ0) is 9.97. The van der Waals surface area contributed by atoms with Gasteiger partial charge in [0.15, 0.2) is 5.69 Å². The summed E-state index contributed by atoms with van der Waals surface area (Å²) in [5.41, 5.74) is 1.04. The van der Waals surface area contributed by atoms with E-state index in [1.807, 2.05) is 0 Å². The van der Waals surface area contributed by atoms with Gasteiger partial charge in [0, 0.05) is 6.20 Å². The second-order valence-electron chi connectivity index (χ2n) is 2.74. The molecule has 0 radical (unpaired) electrons. The van der Waals surface area contributed by atoms with Crippen molar-refractivity contribution < 1.29 is 21.9 Å². The van der Waals surface area contributed by atoms with Crippen molar-refractivity contribution in [3.63, 3.8) is 0 Å². The third-order valence-corrected chi connectivity index (χ3v) is 1.79. The molecule has 0 aromatic carbocycles. The maximum atomic E-state index is 11.3. The number of pyridine rings is 1. The van der Waals surface area contributed by atoms with Gasteiger partial charge in [-0.3, -0.25) is 0 Å². The number of imidazole rings is 1. The number of carbonyl (C=O) groups excluding carboxylic acids is 1. The number of fused-ring (bicyclic) bond motifs is 1. The van der Waals surface area contributed by atoms with Gasteiger partial charge in [-0.05, 0) is 6.92 Å². The van der Waals surface area contributed by atoms with Crippen molar-refractivity contribution in [1.29, 1.82) is 0 Å². The van der Waals surface area contributed by atoms with Crippen LogP contribution in [0.25, 0.3) is 5.65 Å². The molecule has 6 heteroatoms. The van der Waals surface area contributed by atoms with E-state index in [1.165, 1.54) is 0 Å². The third-order valence-electron chi connectivity index (χ3n) is 1.79. The molecule has 4 nitrogen and oxygen atoms in total. The van der Waals surface area contributed by atoms with E-state index >= 15 is 0 Å². The summed E-state index contributed by atoms with van der Waals surface area (Å²) in [4.78, 5) is 15.4. The van der Waals surface area contributed by atoms with E-state index in [0.717, 1.165) is 0 Å². The van der Waals surface area contributed by atoms with Crippen molar-refractivity contribution in [2.24, 2.45) is 0 Å². The van der Waals surface area contributed by atoms with Crippen molar-refractivity contribution in [2.45, 2.75) is 6.92 Å². The summed E-state index contributed by atoms with van der Waals surface area (Å²) in [7, 11) is 0. The molecule has 2 aromatic rings. The van der Waals surface area contributed by atoms with Crippen molar-refractivity contribution >= 4 is 34.7 Å². The van der Waals surface area contributed by atoms with Crippen LogP contribution in [0.3, 0.4) is 0 Å². The van der Waals surface area contributed by atoms with E-state index in [4.69, 9.17) is 4.74 Å². The first kappa shape index (κ1) is 15.2. The van der Waals surface area contributed by atoms with Crippen LogP contribution in [0.4, 0.5) is 0 Å². The zero-order valence-corrected chi connectivity index (χ0v) is 11.0. The van der Waals surface area contributed by atoms with Crippen LogP contribution in [0.5, 0.6) is 0 Å². The first-order valence-electron chi connectivity index (χ1n) is 4.33. The molecule has 2 aromatic heterocycles. The fraction of sp³-hybridized carbons (Fsp3) is 0.200. The number of esters is 1. The average molecular weight is 249 g/mol. The Kier molecular flexibility index (Phi) is 6.40. The molecule has 0 bridgehead atoms. The normalized spacial score (nSPS) is 9.06. The van der Waals surface area contributed by atoms with Crippen LogP contribution in [0, 0.1) is 6.07 Å². The van der Waals surface area contributed by atoms with Crippen LogP contribution in [-0.4, -0.2) is 45.0 Å². The molecule has 0 saturated heterocycles. The first-order chi connectivity index (χ1) is 6.81. The minimum absolute atomic E-state index is 0. The SMILES string of the molecule is CCOC(=O)c1cn2c[c-]ccc2n1.[Cl-].[Mg+2]. The standard InChI is InChI=1S/C10H9N2O2.ClH.Mg/c1-2-14-10(13)8-7-12-6-4-3-5-9(12)11-8;;/h3,5-7H,2H2,1H3;1H;/q-1;;+2/p-1. The van der Waals surface area contributed by atoms with Crippen molar-refractivity contribution in [2.75, 3.05) is 6.61 Å². The van der Waals surface area contributed by atoms with Gasteiger partial charge in [-0.2, -0.15) is 6.07 Å². The van der Waals surface area contributed by atoms with E-state index in [1.54, 1.807) is 35.9 Å². The number of carbonyl (C=O) groups is 1. The predicted octanol–water partition coefficient (Wildman–Crippen LogP) is -2.07. The molecule has 0 aliphatic carbocycles. The minimum atomic E-state index is -0.392. The molecule has 0 saturated carbocycles. The molecule has 2 heterocycles. The monoisotopic (exact) mass is 248 g/mol. The molecule has 0 spiro atoms. The Labute approximate surface area is 116 Å². The molecular formula is C10H9ClMgN2O2. The molecule has 0 aliphatic rings. The van der Waals surface area contributed by atoms with Crippen LogP contribution in [0.1, 0.15) is 17.4 Å². The number of hydrogen-bond acceptors (Lipinski definition) is 3. The molecular weight excluding hydrogens is 240 g/mol. The van der Waals surface area contributed by atoms with Gasteiger partial charge in [-0.1, -0.05) is 6.20 Å². The molecule has 80 valence electrons. The summed E-state index contributed by atoms with van der Waals surface area (Å²) in [6, 6.07) is 6.42. The Morgan fingerprint density at radius 1 is 1.62 bits per heavy atom. The van der Waals surface area contributed by atoms with Gasteiger partial charge in [0.2, 0.25) is 0 Å². The van der Waals surface area contributed by atoms with Gasteiger partial charge in [-0.25, -0.2) is 21.9 Å². The number of nitrogens with zero attached hydrogens (tertiary/aromatic N) is 2. The average Bonchev–Trinajstić information content (AvgIpc) is 2.61. The van der Waals surface area contributed by atoms with Crippen molar-refractivity contribution in [3.05, 3.63) is 36.3 Å². The van der Waals surface area contributed by atoms with Gasteiger partial charge in [0.05, 0.1) is 12.3 Å². The fourth-order valence-corrected chi connectivity index (χ4v) is 1.18. The minimum Gasteiger partial charge on any atom is -1.00 e. The Morgan fingerprint density at radius 3 is 3.00 bits per heavy atom. The van der Waals surface area contributed by atoms with Gasteiger partial charge >= 0.3 is 29.0 Å². The Hall–Kier alpha value is -0.784. The molecule has 0 amide bonds. The Morgan fingerprint density at radius 2 is 2.38 bits per heavy atom. The van der Waals surface area contributed by atoms with Crippen molar-refractivity contribution in [3.8, 4) is 0 Å². The van der Waals surface area contributed by atoms with Gasteiger partial charge in [0.1, 0.15) is 0 Å². The number of rotatable bonds is 2. The molecule has 0 unspecified atom stereocenters. The molecule has 0 N–H and O–H groups in total. The molecule has 0 fully saturated rings. The largest absolute Gasteiger partial charge is 2.00 e. The van der Waals surface area contributed by atoms with E-state index in [0.29, 0.717) is 17.9 Å². The van der Waals surface area contributed by atoms with Gasteiger partial charge < -0.3 is 21.5 Å². The summed E-state index contributed by atoms with van der Waals surface area (Å²) in [6.07, 6.45) is 3.34. The number of halogens is 1. The number of aromatic nitrogens is 2. The maximum absolute atomic E-state index is 11.3. The van der Waals surface area contributed by atoms with E-state index < -0.39 is 5.97 Å². The van der Waals surface area contributed by atoms with E-state index in [-0.39, 0.29) is 35.5 Å². The first-order valence-corrected chi connectivity index (χ1v) is 4.33. The van der Waals surface area contributed by atoms with Crippen LogP contribution < -0.4 is 12.4 Å². The maximum Gasteiger partial charge on any atom is 2.00 e. The molecule has 0 atom stereocenters. The van der Waals surface area contributed by atoms with Gasteiger partial charge in [0.25, 0.3) is 0 Å². The van der Waals surface area contributed by atoms with Crippen LogP contribution in [0.2, 0.25) is 0 Å². The summed E-state index contributed by atoms with van der Waals surface area (Å²) in [5, 5.41) is 0. The summed E-state index contributed by atoms with van der Waals surface area (Å²) >= 11 is 0. The van der Waals surface area contributed by atoms with Crippen LogP contribution in [-0.2, 0) is 4.74 Å². The summed E-state index contributed by atoms with van der Waals surface area (Å²) in [5.74, 6) is -0.392. The summed E-state index contributed by atoms with van der Waals surface area (Å²) in [6.45, 7) is 2.13. The molecule has 16 heavy (non-hydrogen) atoms. The fourth-order valence-electron chi connectivity index (χ4n) is 1.18. The topological polar surface area (TPSA) is 43.6 Å². The zero-order valence-electron chi connectivity index (χ0n) is 8.81. The van der Waals surface area contributed by atoms with Gasteiger partial charge in [-0.15, -0.1) is 0 Å². The second-order valence-corrected chi connectivity index (χ2v) is 2.74. The van der Waals surface area contributed by atoms with Crippen LogP contribution in [0.15, 0.2) is 24.5 Å². The summed E-state index contributed by atoms with van der Waals surface area (Å²) < 4.78 is 6.56. The predicted molar refractivity (Wildman–Crippen MR) is 55.7 cm³/mol. The van der Waals surface area contributed by atoms with Crippen molar-refractivity contribution in [1.82, 2.24) is 9.38 Å². The quantitative estimate of drug-likeness (QED) is 0.349. The smallest absolute Gasteiger partial charge is 1.00 e. The molecule has 2 rings (SSSR count). The Bertz CT molecular complexity index is 440. The third kappa shape index (κ3) is 3.10. The van der Waals surface area contributed by atoms with E-state index in [9.17, 15) is 4.79 Å². The molecule has 0 aliphatic heterocycles. The van der Waals surface area contributed by atoms with Crippen LogP contribution >= 0.6 is 0 Å².